The predicted octanol–water partition coefficient (Wildman–Crippen LogP) is -3.68. The van der Waals surface area contributed by atoms with Gasteiger partial charge in [-0.15, -0.1) is 0 Å². The van der Waals surface area contributed by atoms with Crippen LogP contribution >= 0.6 is 7.82 Å². The molecule has 12 heavy (non-hydrogen) atoms. The molecule has 0 spiro atoms. The SMILES string of the molecule is O=P(O)(O)O.O=S(=O)(O)O.[AlH3].[BaH2]. The maximum absolute atomic E-state index is 8.88. The van der Waals surface area contributed by atoms with Crippen molar-refractivity contribution >= 4 is 84.5 Å². The molecule has 0 bridgehead atoms. The first-order valence-electron chi connectivity index (χ1n) is 1.48. The minimum absolute atomic E-state index is 0. The van der Waals surface area contributed by atoms with Crippen LogP contribution in [0.2, 0.25) is 0 Å². The van der Waals surface area contributed by atoms with Crippen molar-refractivity contribution in [2.24, 2.45) is 0 Å². The van der Waals surface area contributed by atoms with Gasteiger partial charge in [-0.2, -0.15) is 8.42 Å². The number of phosphoric acid groups is 1. The van der Waals surface area contributed by atoms with Crippen molar-refractivity contribution in [1.29, 1.82) is 0 Å². The van der Waals surface area contributed by atoms with Crippen LogP contribution in [0, 0.1) is 0 Å². The molecule has 0 saturated heterocycles. The zero-order chi connectivity index (χ0) is 9.00. The van der Waals surface area contributed by atoms with Gasteiger partial charge in [0.1, 0.15) is 0 Å². The fourth-order valence-electron chi connectivity index (χ4n) is 0. The standard InChI is InChI=1S/Al.Ba.H3O4P.H2O4S.5H/c;;2*1-5(2,3)4;;;;;/h;;(H3,1,2,3,4);(H2,1,2,3,4);;;;;. The Bertz CT molecular complexity index is 197. The first-order valence-corrected chi connectivity index (χ1v) is 4.44. The number of hydrogen-bond acceptors (Lipinski definition) is 3. The minimum atomic E-state index is -4.67. The average Bonchev–Trinajstić information content (AvgIpc) is 1.12. The predicted molar refractivity (Wildman–Crippen MR) is 46.9 cm³/mol. The number of rotatable bonds is 0. The monoisotopic (exact) mass is 366 g/mol. The van der Waals surface area contributed by atoms with Gasteiger partial charge < -0.3 is 14.7 Å². The van der Waals surface area contributed by atoms with Crippen LogP contribution in [0.15, 0.2) is 0 Å². The Kier molecular flexibility index (Phi) is 19.0. The second-order valence-corrected chi connectivity index (χ2v) is 2.88. The second kappa shape index (κ2) is 9.63. The molecule has 0 aliphatic heterocycles. The van der Waals surface area contributed by atoms with Crippen LogP contribution in [0.3, 0.4) is 0 Å². The van der Waals surface area contributed by atoms with Crippen LogP contribution in [0.25, 0.3) is 0 Å². The van der Waals surface area contributed by atoms with E-state index >= 15 is 0 Å². The third kappa shape index (κ3) is 342. The second-order valence-electron chi connectivity index (χ2n) is 0.961. The molecule has 0 aromatic rings. The van der Waals surface area contributed by atoms with Crippen molar-refractivity contribution in [2.45, 2.75) is 0 Å². The molecule has 0 aliphatic carbocycles. The van der Waals surface area contributed by atoms with E-state index in [-0.39, 0.29) is 66.2 Å². The van der Waals surface area contributed by atoms with Crippen molar-refractivity contribution in [2.75, 3.05) is 0 Å². The van der Waals surface area contributed by atoms with E-state index in [1.165, 1.54) is 0 Å². The quantitative estimate of drug-likeness (QED) is 0.167. The van der Waals surface area contributed by atoms with Gasteiger partial charge >= 0.3 is 67.1 Å². The molecule has 0 amide bonds. The summed E-state index contributed by atoms with van der Waals surface area (Å²) in [5, 5.41) is 0. The summed E-state index contributed by atoms with van der Waals surface area (Å²) in [5.41, 5.74) is 0. The summed E-state index contributed by atoms with van der Waals surface area (Å²) in [5.74, 6) is 0. The molecule has 12 heteroatoms. The summed E-state index contributed by atoms with van der Waals surface area (Å²) >= 11 is 0. The molecule has 5 N–H and O–H groups in total. The molecule has 0 aromatic carbocycles. The van der Waals surface area contributed by atoms with E-state index < -0.39 is 18.2 Å². The van der Waals surface area contributed by atoms with Gasteiger partial charge in [-0.25, -0.2) is 4.57 Å². The fraction of sp³-hybridized carbons (Fsp3) is 0. The summed E-state index contributed by atoms with van der Waals surface area (Å²) in [4.78, 5) is 21.6. The van der Waals surface area contributed by atoms with Gasteiger partial charge in [0.2, 0.25) is 0 Å². The first-order chi connectivity index (χ1) is 4.00. The normalized spacial score (nSPS) is 9.75. The summed E-state index contributed by atoms with van der Waals surface area (Å²) in [6.45, 7) is 0. The van der Waals surface area contributed by atoms with E-state index in [1.807, 2.05) is 0 Å². The van der Waals surface area contributed by atoms with E-state index in [0.717, 1.165) is 0 Å². The summed E-state index contributed by atoms with van der Waals surface area (Å²) < 4.78 is 40.5. The summed E-state index contributed by atoms with van der Waals surface area (Å²) in [7, 11) is -9.31. The third-order valence-electron chi connectivity index (χ3n) is 0. The first kappa shape index (κ1) is 23.7. The van der Waals surface area contributed by atoms with Crippen molar-refractivity contribution in [1.82, 2.24) is 0 Å². The molecule has 0 atom stereocenters. The Morgan fingerprint density at radius 3 is 1.00 bits per heavy atom. The van der Waals surface area contributed by atoms with Crippen molar-refractivity contribution in [3.63, 3.8) is 0 Å². The van der Waals surface area contributed by atoms with E-state index in [9.17, 15) is 0 Å². The van der Waals surface area contributed by atoms with Gasteiger partial charge in [0.05, 0.1) is 0 Å². The summed E-state index contributed by atoms with van der Waals surface area (Å²) in [6.07, 6.45) is 0. The molecule has 0 aromatic heterocycles. The zero-order valence-corrected chi connectivity index (χ0v) is 6.03. The van der Waals surface area contributed by atoms with Crippen molar-refractivity contribution < 1.29 is 36.8 Å². The maximum atomic E-state index is 8.88. The molecule has 0 saturated carbocycles. The van der Waals surface area contributed by atoms with Gasteiger partial charge in [0, 0.05) is 0 Å². The van der Waals surface area contributed by atoms with Gasteiger partial charge in [-0.05, 0) is 0 Å². The van der Waals surface area contributed by atoms with Crippen LogP contribution in [0.5, 0.6) is 0 Å². The average molecular weight is 365 g/mol. The van der Waals surface area contributed by atoms with Crippen LogP contribution in [0.1, 0.15) is 0 Å². The molecule has 74 valence electrons. The van der Waals surface area contributed by atoms with E-state index in [2.05, 4.69) is 0 Å². The van der Waals surface area contributed by atoms with Gasteiger partial charge in [0.25, 0.3) is 0 Å². The Morgan fingerprint density at radius 2 is 1.00 bits per heavy atom. The Morgan fingerprint density at radius 1 is 1.00 bits per heavy atom. The van der Waals surface area contributed by atoms with Gasteiger partial charge in [0.15, 0.2) is 17.4 Å². The Hall–Kier alpha value is 2.08. The third-order valence-corrected chi connectivity index (χ3v) is 0. The molecule has 0 unspecified atom stereocenters. The molecule has 0 fully saturated rings. The van der Waals surface area contributed by atoms with E-state index in [0.29, 0.717) is 0 Å². The number of hydrogen-bond donors (Lipinski definition) is 5. The van der Waals surface area contributed by atoms with Crippen LogP contribution in [-0.4, -0.2) is 98.4 Å². The van der Waals surface area contributed by atoms with Gasteiger partial charge in [-0.3, -0.25) is 9.11 Å². The van der Waals surface area contributed by atoms with Crippen LogP contribution in [0.4, 0.5) is 0 Å². The van der Waals surface area contributed by atoms with Crippen LogP contribution in [-0.2, 0) is 15.0 Å². The topological polar surface area (TPSA) is 152 Å². The van der Waals surface area contributed by atoms with Crippen molar-refractivity contribution in [3.05, 3.63) is 0 Å². The molecular formula is H10AlBaO8PS. The van der Waals surface area contributed by atoms with Gasteiger partial charge in [-0.1, -0.05) is 0 Å². The zero-order valence-electron chi connectivity index (χ0n) is 4.32. The summed E-state index contributed by atoms with van der Waals surface area (Å²) in [6, 6.07) is 0. The molecule has 8 nitrogen and oxygen atoms in total. The molecule has 0 heterocycles. The molecular weight excluding hydrogens is 355 g/mol. The van der Waals surface area contributed by atoms with E-state index in [4.69, 9.17) is 36.8 Å². The molecule has 0 aliphatic rings. The van der Waals surface area contributed by atoms with E-state index in [1.54, 1.807) is 0 Å². The fourth-order valence-corrected chi connectivity index (χ4v) is 0. The molecule has 0 radical (unpaired) electrons. The Balaban J connectivity index is -0.0000000457. The van der Waals surface area contributed by atoms with Crippen molar-refractivity contribution in [3.8, 4) is 0 Å². The van der Waals surface area contributed by atoms with Crippen LogP contribution < -0.4 is 0 Å². The molecule has 0 rings (SSSR count). The Labute approximate surface area is 119 Å².